The van der Waals surface area contributed by atoms with E-state index >= 15 is 0 Å². The first-order valence-electron chi connectivity index (χ1n) is 14.1. The highest BCUT2D eigenvalue weighted by molar-refractivity contribution is 5.98. The summed E-state index contributed by atoms with van der Waals surface area (Å²) in [6.07, 6.45) is 3.54. The first-order valence-corrected chi connectivity index (χ1v) is 14.1. The molecule has 2 aliphatic rings. The number of aromatic nitrogens is 2. The van der Waals surface area contributed by atoms with Gasteiger partial charge in [-0.1, -0.05) is 6.07 Å². The van der Waals surface area contributed by atoms with E-state index in [4.69, 9.17) is 9.72 Å². The molecule has 2 N–H and O–H groups in total. The predicted octanol–water partition coefficient (Wildman–Crippen LogP) is 5.09. The van der Waals surface area contributed by atoms with Crippen molar-refractivity contribution in [3.63, 3.8) is 0 Å². The molecule has 6 rings (SSSR count). The highest BCUT2D eigenvalue weighted by Crippen LogP contribution is 2.28. The maximum Gasteiger partial charge on any atom is 0.167 e. The lowest BCUT2D eigenvalue weighted by Gasteiger charge is -2.33. The molecule has 0 spiro atoms. The lowest BCUT2D eigenvalue weighted by atomic mass is 9.93. The molecule has 0 aliphatic carbocycles. The van der Waals surface area contributed by atoms with Crippen molar-refractivity contribution < 1.29 is 14.6 Å². The van der Waals surface area contributed by atoms with Crippen molar-refractivity contribution in [2.75, 3.05) is 55.8 Å². The fraction of sp³-hybridized carbons (Fsp3) is 0.375. The number of anilines is 2. The van der Waals surface area contributed by atoms with E-state index in [9.17, 15) is 9.90 Å². The minimum Gasteiger partial charge on any atom is -0.396 e. The third kappa shape index (κ3) is 5.84. The molecule has 2 aliphatic heterocycles. The largest absolute Gasteiger partial charge is 0.396 e. The molecule has 0 radical (unpaired) electrons. The number of carbonyl (C=O) groups excluding carboxylic acids is 1. The molecular weight excluding hydrogens is 488 g/mol. The number of aliphatic hydroxyl groups excluding tert-OH is 1. The van der Waals surface area contributed by atoms with Crippen molar-refractivity contribution in [2.45, 2.75) is 25.7 Å². The Morgan fingerprint density at radius 1 is 0.897 bits per heavy atom. The molecule has 3 heterocycles. The van der Waals surface area contributed by atoms with E-state index in [2.05, 4.69) is 39.0 Å². The van der Waals surface area contributed by atoms with Crippen LogP contribution in [0.5, 0.6) is 0 Å². The van der Waals surface area contributed by atoms with E-state index in [-0.39, 0.29) is 12.4 Å². The number of hydrogen-bond donors (Lipinski definition) is 2. The monoisotopic (exact) mass is 524 g/mol. The molecular formula is C32H36N4O3. The number of fused-ring (bicyclic) bond motifs is 1. The van der Waals surface area contributed by atoms with Gasteiger partial charge in [-0.3, -0.25) is 4.79 Å². The number of nitrogens with one attached hydrogen (secondary N) is 1. The number of aliphatic hydroxyl groups is 1. The van der Waals surface area contributed by atoms with Crippen molar-refractivity contribution in [2.24, 2.45) is 5.92 Å². The fourth-order valence-corrected chi connectivity index (χ4v) is 5.76. The molecule has 3 aromatic carbocycles. The number of aromatic amines is 1. The zero-order chi connectivity index (χ0) is 26.6. The van der Waals surface area contributed by atoms with Gasteiger partial charge >= 0.3 is 0 Å². The molecule has 39 heavy (non-hydrogen) atoms. The SMILES string of the molecule is O=C(Cc1ccc2nc(-c3ccc(N4CCC(CCO)CC4)cc3)[nH]c2c1)c1ccc(N2CCOCC2)cc1. The Morgan fingerprint density at radius 3 is 2.26 bits per heavy atom. The van der Waals surface area contributed by atoms with Crippen molar-refractivity contribution in [3.05, 3.63) is 77.9 Å². The molecule has 0 bridgehead atoms. The molecule has 0 unspecified atom stereocenters. The molecule has 0 amide bonds. The quantitative estimate of drug-likeness (QED) is 0.313. The normalized spacial score (nSPS) is 16.6. The zero-order valence-electron chi connectivity index (χ0n) is 22.3. The average molecular weight is 525 g/mol. The van der Waals surface area contributed by atoms with E-state index in [0.717, 1.165) is 97.9 Å². The number of imidazole rings is 1. The Balaban J connectivity index is 1.10. The Labute approximate surface area is 229 Å². The molecule has 2 saturated heterocycles. The smallest absolute Gasteiger partial charge is 0.167 e. The number of hydrogen-bond acceptors (Lipinski definition) is 6. The fourth-order valence-electron chi connectivity index (χ4n) is 5.76. The Morgan fingerprint density at radius 2 is 1.56 bits per heavy atom. The van der Waals surface area contributed by atoms with Gasteiger partial charge in [-0.2, -0.15) is 0 Å². The van der Waals surface area contributed by atoms with Crippen LogP contribution in [-0.4, -0.2) is 66.9 Å². The second kappa shape index (κ2) is 11.6. The minimum atomic E-state index is 0.110. The van der Waals surface area contributed by atoms with Gasteiger partial charge in [-0.15, -0.1) is 0 Å². The van der Waals surface area contributed by atoms with E-state index in [1.807, 2.05) is 42.5 Å². The van der Waals surface area contributed by atoms with Gasteiger partial charge in [0.15, 0.2) is 5.78 Å². The summed E-state index contributed by atoms with van der Waals surface area (Å²) in [5.74, 6) is 1.58. The zero-order valence-corrected chi connectivity index (χ0v) is 22.3. The number of ketones is 1. The standard InChI is InChI=1S/C32H36N4O3/c37-18-13-23-11-14-35(15-12-23)27-8-4-26(5-9-27)32-33-29-10-1-24(21-30(29)34-32)22-31(38)25-2-6-28(7-3-25)36-16-19-39-20-17-36/h1-10,21,23,37H,11-20,22H2,(H,33,34). The summed E-state index contributed by atoms with van der Waals surface area (Å²) >= 11 is 0. The van der Waals surface area contributed by atoms with Crippen molar-refractivity contribution in [1.29, 1.82) is 0 Å². The summed E-state index contributed by atoms with van der Waals surface area (Å²) in [4.78, 5) is 26.0. The van der Waals surface area contributed by atoms with Gasteiger partial charge in [0, 0.05) is 61.7 Å². The van der Waals surface area contributed by atoms with Crippen LogP contribution in [0, 0.1) is 5.92 Å². The van der Waals surface area contributed by atoms with Gasteiger partial charge in [0.25, 0.3) is 0 Å². The van der Waals surface area contributed by atoms with Crippen LogP contribution in [0.2, 0.25) is 0 Å². The van der Waals surface area contributed by atoms with Crippen LogP contribution in [0.3, 0.4) is 0 Å². The van der Waals surface area contributed by atoms with Crippen LogP contribution in [-0.2, 0) is 11.2 Å². The molecule has 202 valence electrons. The summed E-state index contributed by atoms with van der Waals surface area (Å²) in [5.41, 5.74) is 6.95. The van der Waals surface area contributed by atoms with Crippen LogP contribution in [0.25, 0.3) is 22.4 Å². The minimum absolute atomic E-state index is 0.110. The van der Waals surface area contributed by atoms with E-state index in [0.29, 0.717) is 12.3 Å². The summed E-state index contributed by atoms with van der Waals surface area (Å²) in [6, 6.07) is 22.5. The van der Waals surface area contributed by atoms with E-state index < -0.39 is 0 Å². The van der Waals surface area contributed by atoms with Crippen LogP contribution >= 0.6 is 0 Å². The topological polar surface area (TPSA) is 81.7 Å². The Kier molecular flexibility index (Phi) is 7.61. The van der Waals surface area contributed by atoms with Crippen molar-refractivity contribution in [1.82, 2.24) is 9.97 Å². The number of rotatable bonds is 8. The Bertz CT molecular complexity index is 1400. The second-order valence-corrected chi connectivity index (χ2v) is 10.7. The first kappa shape index (κ1) is 25.6. The molecule has 1 aromatic heterocycles. The van der Waals surface area contributed by atoms with E-state index in [1.54, 1.807) is 0 Å². The van der Waals surface area contributed by atoms with Gasteiger partial charge in [-0.25, -0.2) is 4.98 Å². The summed E-state index contributed by atoms with van der Waals surface area (Å²) in [6.45, 7) is 5.62. The molecule has 0 atom stereocenters. The maximum atomic E-state index is 13.0. The van der Waals surface area contributed by atoms with Crippen molar-refractivity contribution in [3.8, 4) is 11.4 Å². The second-order valence-electron chi connectivity index (χ2n) is 10.7. The van der Waals surface area contributed by atoms with Crippen LogP contribution in [0.4, 0.5) is 11.4 Å². The highest BCUT2D eigenvalue weighted by atomic mass is 16.5. The Hall–Kier alpha value is -3.68. The number of H-pyrrole nitrogens is 1. The molecule has 7 heteroatoms. The summed E-state index contributed by atoms with van der Waals surface area (Å²) in [5, 5.41) is 9.20. The maximum absolute atomic E-state index is 13.0. The lowest BCUT2D eigenvalue weighted by molar-refractivity contribution is 0.0993. The van der Waals surface area contributed by atoms with Gasteiger partial charge in [0.1, 0.15) is 5.82 Å². The molecule has 2 fully saturated rings. The van der Waals surface area contributed by atoms with Crippen molar-refractivity contribution >= 4 is 28.2 Å². The highest BCUT2D eigenvalue weighted by Gasteiger charge is 2.19. The summed E-state index contributed by atoms with van der Waals surface area (Å²) < 4.78 is 5.43. The number of piperidine rings is 1. The number of benzene rings is 3. The van der Waals surface area contributed by atoms with Gasteiger partial charge in [0.05, 0.1) is 24.2 Å². The van der Waals surface area contributed by atoms with Crippen LogP contribution in [0.15, 0.2) is 66.7 Å². The van der Waals surface area contributed by atoms with Gasteiger partial charge in [0.2, 0.25) is 0 Å². The third-order valence-electron chi connectivity index (χ3n) is 8.13. The number of Topliss-reactive ketones (excluding diaryl/α,β-unsaturated/α-hetero) is 1. The number of morpholine rings is 1. The van der Waals surface area contributed by atoms with Gasteiger partial charge in [-0.05, 0) is 91.4 Å². The summed E-state index contributed by atoms with van der Waals surface area (Å²) in [7, 11) is 0. The van der Waals surface area contributed by atoms with E-state index in [1.165, 1.54) is 5.69 Å². The predicted molar refractivity (Wildman–Crippen MR) is 156 cm³/mol. The molecule has 7 nitrogen and oxygen atoms in total. The third-order valence-corrected chi connectivity index (χ3v) is 8.13. The first-order chi connectivity index (χ1) is 19.2. The lowest BCUT2D eigenvalue weighted by Crippen LogP contribution is -2.36. The number of ether oxygens (including phenoxy) is 1. The van der Waals surface area contributed by atoms with Crippen LogP contribution < -0.4 is 9.80 Å². The average Bonchev–Trinajstić information content (AvgIpc) is 3.42. The number of carbonyl (C=O) groups is 1. The van der Waals surface area contributed by atoms with Crippen LogP contribution in [0.1, 0.15) is 35.2 Å². The van der Waals surface area contributed by atoms with Gasteiger partial charge < -0.3 is 24.6 Å². The molecule has 4 aromatic rings. The molecule has 0 saturated carbocycles. The number of nitrogens with zero attached hydrogens (tertiary/aromatic N) is 3.